The van der Waals surface area contributed by atoms with Crippen molar-refractivity contribution in [1.29, 1.82) is 0 Å². The zero-order valence-electron chi connectivity index (χ0n) is 5.45. The number of nitrogen functional groups attached to an aromatic ring is 2. The smallest absolute Gasteiger partial charge is 0.146 e. The summed E-state index contributed by atoms with van der Waals surface area (Å²) < 4.78 is 0.842. The maximum absolute atomic E-state index is 5.40. The van der Waals surface area contributed by atoms with Crippen LogP contribution in [-0.4, -0.2) is 4.98 Å². The summed E-state index contributed by atoms with van der Waals surface area (Å²) in [4.78, 5) is 3.78. The van der Waals surface area contributed by atoms with Gasteiger partial charge in [0.25, 0.3) is 0 Å². The molecule has 0 aliphatic rings. The maximum atomic E-state index is 5.40. The minimum atomic E-state index is 0. The molecule has 0 saturated heterocycles. The van der Waals surface area contributed by atoms with Crippen molar-refractivity contribution < 1.29 is 0 Å². The van der Waals surface area contributed by atoms with Crippen LogP contribution in [0.2, 0.25) is 0 Å². The molecule has 4 N–H and O–H groups in total. The molecule has 0 spiro atoms. The summed E-state index contributed by atoms with van der Waals surface area (Å²) in [6, 6.07) is 1.71. The summed E-state index contributed by atoms with van der Waals surface area (Å²) in [7, 11) is 0. The number of hydrogen-bond donors (Lipinski definition) is 2. The summed E-state index contributed by atoms with van der Waals surface area (Å²) in [6.07, 6.45) is 1.60. The van der Waals surface area contributed by atoms with E-state index in [-0.39, 0.29) is 24.8 Å². The van der Waals surface area contributed by atoms with Gasteiger partial charge in [-0.3, -0.25) is 0 Å². The molecule has 3 nitrogen and oxygen atoms in total. The fourth-order valence-electron chi connectivity index (χ4n) is 0.466. The third kappa shape index (κ3) is 3.65. The molecule has 64 valence electrons. The summed E-state index contributed by atoms with van der Waals surface area (Å²) in [5.41, 5.74) is 11.2. The lowest BCUT2D eigenvalue weighted by Crippen LogP contribution is -1.96. The molecule has 0 aliphatic heterocycles. The first-order chi connectivity index (χ1) is 4.20. The predicted molar refractivity (Wildman–Crippen MR) is 55.3 cm³/mol. The Hall–Kier alpha value is -0.190. The highest BCUT2D eigenvalue weighted by molar-refractivity contribution is 9.10. The third-order valence-electron chi connectivity index (χ3n) is 0.916. The number of halogens is 3. The zero-order valence-corrected chi connectivity index (χ0v) is 8.67. The number of nitrogens with two attached hydrogens (primary N) is 2. The van der Waals surface area contributed by atoms with Crippen LogP contribution in [0.5, 0.6) is 0 Å². The fourth-order valence-corrected chi connectivity index (χ4v) is 0.815. The van der Waals surface area contributed by atoms with Gasteiger partial charge in [0.05, 0.1) is 5.69 Å². The highest BCUT2D eigenvalue weighted by atomic mass is 79.9. The standard InChI is InChI=1S/C5H6BrN3.2ClH/c6-3-1-4(7)5(8)9-2-3;;/h1-2H,7H2,(H2,8,9);2*1H. The first-order valence-corrected chi connectivity index (χ1v) is 3.16. The van der Waals surface area contributed by atoms with Gasteiger partial charge < -0.3 is 11.5 Å². The molecule has 1 aromatic rings. The van der Waals surface area contributed by atoms with Crippen molar-refractivity contribution in [3.8, 4) is 0 Å². The highest BCUT2D eigenvalue weighted by Gasteiger charge is 1.93. The van der Waals surface area contributed by atoms with Crippen LogP contribution in [0.3, 0.4) is 0 Å². The Morgan fingerprint density at radius 3 is 2.18 bits per heavy atom. The van der Waals surface area contributed by atoms with Gasteiger partial charge in [0.1, 0.15) is 5.82 Å². The molecule has 0 amide bonds. The normalized spacial score (nSPS) is 7.73. The van der Waals surface area contributed by atoms with Crippen LogP contribution < -0.4 is 11.5 Å². The molecule has 0 bridgehead atoms. The lowest BCUT2D eigenvalue weighted by atomic mass is 10.4. The van der Waals surface area contributed by atoms with Gasteiger partial charge in [-0.25, -0.2) is 4.98 Å². The zero-order chi connectivity index (χ0) is 6.85. The summed E-state index contributed by atoms with van der Waals surface area (Å²) in [5.74, 6) is 0.373. The molecule has 0 aliphatic carbocycles. The van der Waals surface area contributed by atoms with Crippen molar-refractivity contribution in [3.63, 3.8) is 0 Å². The molecule has 0 radical (unpaired) electrons. The summed E-state index contributed by atoms with van der Waals surface area (Å²) in [5, 5.41) is 0. The second-order valence-corrected chi connectivity index (χ2v) is 2.54. The molecule has 0 saturated carbocycles. The van der Waals surface area contributed by atoms with Gasteiger partial charge in [0, 0.05) is 10.7 Å². The second kappa shape index (κ2) is 5.46. The van der Waals surface area contributed by atoms with E-state index < -0.39 is 0 Å². The number of nitrogens with zero attached hydrogens (tertiary/aromatic N) is 1. The van der Waals surface area contributed by atoms with Crippen molar-refractivity contribution in [2.24, 2.45) is 0 Å². The van der Waals surface area contributed by atoms with E-state index in [2.05, 4.69) is 20.9 Å². The lowest BCUT2D eigenvalue weighted by Gasteiger charge is -1.96. The van der Waals surface area contributed by atoms with Crippen molar-refractivity contribution >= 4 is 52.2 Å². The van der Waals surface area contributed by atoms with Gasteiger partial charge in [-0.1, -0.05) is 0 Å². The first-order valence-electron chi connectivity index (χ1n) is 2.36. The monoisotopic (exact) mass is 259 g/mol. The Morgan fingerprint density at radius 2 is 1.82 bits per heavy atom. The average molecular weight is 261 g/mol. The topological polar surface area (TPSA) is 64.9 Å². The Bertz CT molecular complexity index is 231. The largest absolute Gasteiger partial charge is 0.396 e. The lowest BCUT2D eigenvalue weighted by molar-refractivity contribution is 1.32. The Kier molecular flexibility index (Phi) is 6.65. The summed E-state index contributed by atoms with van der Waals surface area (Å²) >= 11 is 3.20. The minimum Gasteiger partial charge on any atom is -0.396 e. The van der Waals surface area contributed by atoms with Crippen LogP contribution in [-0.2, 0) is 0 Å². The van der Waals surface area contributed by atoms with Gasteiger partial charge in [0.2, 0.25) is 0 Å². The predicted octanol–water partition coefficient (Wildman–Crippen LogP) is 1.85. The Balaban J connectivity index is 0. The van der Waals surface area contributed by atoms with Crippen LogP contribution in [0.15, 0.2) is 16.7 Å². The molecule has 6 heteroatoms. The molecular weight excluding hydrogens is 253 g/mol. The van der Waals surface area contributed by atoms with E-state index in [1.54, 1.807) is 12.3 Å². The van der Waals surface area contributed by atoms with E-state index in [4.69, 9.17) is 11.5 Å². The Labute approximate surface area is 85.5 Å². The van der Waals surface area contributed by atoms with Gasteiger partial charge >= 0.3 is 0 Å². The highest BCUT2D eigenvalue weighted by Crippen LogP contribution is 2.16. The summed E-state index contributed by atoms with van der Waals surface area (Å²) in [6.45, 7) is 0. The SMILES string of the molecule is Cl.Cl.Nc1cc(Br)cnc1N. The quantitative estimate of drug-likeness (QED) is 0.748. The van der Waals surface area contributed by atoms with Crippen molar-refractivity contribution in [1.82, 2.24) is 4.98 Å². The molecule has 11 heavy (non-hydrogen) atoms. The van der Waals surface area contributed by atoms with E-state index in [0.717, 1.165) is 4.47 Å². The minimum absolute atomic E-state index is 0. The number of rotatable bonds is 0. The van der Waals surface area contributed by atoms with Gasteiger partial charge in [-0.2, -0.15) is 0 Å². The fraction of sp³-hybridized carbons (Fsp3) is 0. The van der Waals surface area contributed by atoms with Crippen LogP contribution in [0.25, 0.3) is 0 Å². The van der Waals surface area contributed by atoms with Gasteiger partial charge in [0.15, 0.2) is 0 Å². The third-order valence-corrected chi connectivity index (χ3v) is 1.35. The molecular formula is C5H8BrCl2N3. The van der Waals surface area contributed by atoms with Gasteiger partial charge in [-0.15, -0.1) is 24.8 Å². The first kappa shape index (κ1) is 13.4. The van der Waals surface area contributed by atoms with Crippen molar-refractivity contribution in [2.75, 3.05) is 11.5 Å². The molecule has 1 heterocycles. The van der Waals surface area contributed by atoms with Crippen LogP contribution in [0.4, 0.5) is 11.5 Å². The number of pyridine rings is 1. The number of anilines is 2. The number of aromatic nitrogens is 1. The van der Waals surface area contributed by atoms with Crippen LogP contribution in [0, 0.1) is 0 Å². The van der Waals surface area contributed by atoms with E-state index in [1.165, 1.54) is 0 Å². The van der Waals surface area contributed by atoms with E-state index in [9.17, 15) is 0 Å². The van der Waals surface area contributed by atoms with Crippen LogP contribution >= 0.6 is 40.7 Å². The van der Waals surface area contributed by atoms with E-state index >= 15 is 0 Å². The van der Waals surface area contributed by atoms with Gasteiger partial charge in [-0.05, 0) is 22.0 Å². The molecule has 0 aromatic carbocycles. The molecule has 1 rings (SSSR count). The number of hydrogen-bond acceptors (Lipinski definition) is 3. The molecule has 0 atom stereocenters. The second-order valence-electron chi connectivity index (χ2n) is 1.63. The molecule has 0 unspecified atom stereocenters. The maximum Gasteiger partial charge on any atom is 0.146 e. The van der Waals surface area contributed by atoms with Crippen molar-refractivity contribution in [3.05, 3.63) is 16.7 Å². The molecule has 1 aromatic heterocycles. The van der Waals surface area contributed by atoms with E-state index in [0.29, 0.717) is 11.5 Å². The average Bonchev–Trinajstić information content (AvgIpc) is 1.80. The van der Waals surface area contributed by atoms with Crippen LogP contribution in [0.1, 0.15) is 0 Å². The molecule has 0 fully saturated rings. The van der Waals surface area contributed by atoms with Crippen molar-refractivity contribution in [2.45, 2.75) is 0 Å². The van der Waals surface area contributed by atoms with E-state index in [1.807, 2.05) is 0 Å². The Morgan fingerprint density at radius 1 is 1.27 bits per heavy atom.